The van der Waals surface area contributed by atoms with E-state index in [9.17, 15) is 9.90 Å². The third-order valence-corrected chi connectivity index (χ3v) is 4.39. The van der Waals surface area contributed by atoms with Crippen molar-refractivity contribution in [2.75, 3.05) is 0 Å². The highest BCUT2D eigenvalue weighted by Gasteiger charge is 2.24. The van der Waals surface area contributed by atoms with Crippen molar-refractivity contribution >= 4 is 16.6 Å². The minimum atomic E-state index is -0.679. The smallest absolute Gasteiger partial charge is 0.138 e. The maximum atomic E-state index is 12.0. The van der Waals surface area contributed by atoms with Crippen LogP contribution in [0.4, 0.5) is 0 Å². The number of hydrogen-bond acceptors (Lipinski definition) is 3. The zero-order valence-corrected chi connectivity index (χ0v) is 15.1. The van der Waals surface area contributed by atoms with Crippen molar-refractivity contribution in [1.29, 1.82) is 0 Å². The third kappa shape index (κ3) is 4.89. The van der Waals surface area contributed by atoms with Crippen LogP contribution in [0.5, 0.6) is 0 Å². The summed E-state index contributed by atoms with van der Waals surface area (Å²) in [5.41, 5.74) is 1.20. The highest BCUT2D eigenvalue weighted by molar-refractivity contribution is 5.85. The number of rotatable bonds is 8. The first kappa shape index (κ1) is 18.6. The fourth-order valence-electron chi connectivity index (χ4n) is 3.03. The van der Waals surface area contributed by atoms with E-state index in [1.807, 2.05) is 26.0 Å². The molecule has 0 saturated heterocycles. The Kier molecular flexibility index (Phi) is 6.52. The predicted octanol–water partition coefficient (Wildman–Crippen LogP) is 3.73. The van der Waals surface area contributed by atoms with E-state index >= 15 is 0 Å². The summed E-state index contributed by atoms with van der Waals surface area (Å²) >= 11 is 0. The van der Waals surface area contributed by atoms with E-state index in [-0.39, 0.29) is 30.2 Å². The van der Waals surface area contributed by atoms with Crippen LogP contribution in [0.1, 0.15) is 39.7 Å². The van der Waals surface area contributed by atoms with Gasteiger partial charge in [0.1, 0.15) is 5.78 Å². The van der Waals surface area contributed by atoms with Gasteiger partial charge in [0.25, 0.3) is 0 Å². The summed E-state index contributed by atoms with van der Waals surface area (Å²) in [4.78, 5) is 12.0. The van der Waals surface area contributed by atoms with Crippen LogP contribution < -0.4 is 5.32 Å². The van der Waals surface area contributed by atoms with Crippen LogP contribution in [0.25, 0.3) is 10.8 Å². The molecule has 0 aliphatic carbocycles. The van der Waals surface area contributed by atoms with Gasteiger partial charge in [-0.3, -0.25) is 4.79 Å². The Morgan fingerprint density at radius 2 is 1.71 bits per heavy atom. The maximum absolute atomic E-state index is 12.0. The van der Waals surface area contributed by atoms with Gasteiger partial charge in [-0.2, -0.15) is 0 Å². The van der Waals surface area contributed by atoms with Crippen LogP contribution in [0.3, 0.4) is 0 Å². The number of aliphatic hydroxyl groups excluding tert-OH is 1. The molecule has 2 rings (SSSR count). The van der Waals surface area contributed by atoms with Crippen molar-refractivity contribution in [3.63, 3.8) is 0 Å². The number of ketones is 1. The average Bonchev–Trinajstić information content (AvgIpc) is 2.54. The molecule has 2 N–H and O–H groups in total. The lowest BCUT2D eigenvalue weighted by Gasteiger charge is -2.27. The monoisotopic (exact) mass is 327 g/mol. The largest absolute Gasteiger partial charge is 0.391 e. The minimum absolute atomic E-state index is 0.0445. The van der Waals surface area contributed by atoms with Crippen LogP contribution in [0.15, 0.2) is 42.5 Å². The molecule has 0 spiro atoms. The van der Waals surface area contributed by atoms with E-state index in [1.54, 1.807) is 0 Å². The molecule has 130 valence electrons. The number of Topliss-reactive ketones (excluding diaryl/α,β-unsaturated/α-hetero) is 1. The Hall–Kier alpha value is -1.71. The Bertz CT molecular complexity index is 673. The maximum Gasteiger partial charge on any atom is 0.138 e. The van der Waals surface area contributed by atoms with Crippen LogP contribution >= 0.6 is 0 Å². The van der Waals surface area contributed by atoms with Crippen molar-refractivity contribution in [1.82, 2.24) is 5.32 Å². The summed E-state index contributed by atoms with van der Waals surface area (Å²) in [5, 5.41) is 16.5. The summed E-state index contributed by atoms with van der Waals surface area (Å²) in [6, 6.07) is 14.6. The predicted molar refractivity (Wildman–Crippen MR) is 100 cm³/mol. The Labute approximate surface area is 145 Å². The number of benzene rings is 2. The Morgan fingerprint density at radius 1 is 1.04 bits per heavy atom. The van der Waals surface area contributed by atoms with Crippen molar-refractivity contribution in [2.24, 2.45) is 5.92 Å². The van der Waals surface area contributed by atoms with Crippen molar-refractivity contribution in [3.05, 3.63) is 48.0 Å². The molecule has 0 aliphatic rings. The van der Waals surface area contributed by atoms with Crippen molar-refractivity contribution in [2.45, 2.75) is 58.7 Å². The number of fused-ring (bicyclic) bond motifs is 1. The molecule has 0 unspecified atom stereocenters. The standard InChI is InChI=1S/C21H29NO2/c1-14(2)20(23)13-21(24)19(22-15(3)4)12-17-10-7-9-16-8-5-6-11-18(16)17/h5-11,14-15,19,21-22,24H,12-13H2,1-4H3/t19-,21-/m0/s1. The number of aliphatic hydroxyl groups is 1. The summed E-state index contributed by atoms with van der Waals surface area (Å²) in [5.74, 6) is 0.0629. The molecule has 0 aromatic heterocycles. The van der Waals surface area contributed by atoms with Gasteiger partial charge in [0.15, 0.2) is 0 Å². The van der Waals surface area contributed by atoms with Gasteiger partial charge in [-0.15, -0.1) is 0 Å². The summed E-state index contributed by atoms with van der Waals surface area (Å²) < 4.78 is 0. The fourth-order valence-corrected chi connectivity index (χ4v) is 3.03. The zero-order valence-electron chi connectivity index (χ0n) is 15.1. The molecule has 2 aromatic rings. The molecule has 0 aliphatic heterocycles. The number of nitrogens with one attached hydrogen (secondary N) is 1. The van der Waals surface area contributed by atoms with Crippen molar-refractivity contribution in [3.8, 4) is 0 Å². The van der Waals surface area contributed by atoms with Gasteiger partial charge in [0.05, 0.1) is 6.10 Å². The van der Waals surface area contributed by atoms with Gasteiger partial charge in [0, 0.05) is 24.4 Å². The van der Waals surface area contributed by atoms with Crippen LogP contribution in [-0.4, -0.2) is 29.1 Å². The molecular weight excluding hydrogens is 298 g/mol. The van der Waals surface area contributed by atoms with Gasteiger partial charge < -0.3 is 10.4 Å². The van der Waals surface area contributed by atoms with E-state index in [4.69, 9.17) is 0 Å². The van der Waals surface area contributed by atoms with E-state index in [2.05, 4.69) is 49.5 Å². The lowest BCUT2D eigenvalue weighted by Crippen LogP contribution is -2.46. The molecule has 2 aromatic carbocycles. The second-order valence-electron chi connectivity index (χ2n) is 7.16. The molecular formula is C21H29NO2. The van der Waals surface area contributed by atoms with Gasteiger partial charge in [0.2, 0.25) is 0 Å². The summed E-state index contributed by atoms with van der Waals surface area (Å²) in [7, 11) is 0. The van der Waals surface area contributed by atoms with Gasteiger partial charge in [-0.05, 0) is 22.8 Å². The topological polar surface area (TPSA) is 49.3 Å². The molecule has 0 amide bonds. The third-order valence-electron chi connectivity index (χ3n) is 4.39. The second kappa shape index (κ2) is 8.41. The van der Waals surface area contributed by atoms with E-state index in [0.717, 1.165) is 0 Å². The highest BCUT2D eigenvalue weighted by Crippen LogP contribution is 2.21. The number of carbonyl (C=O) groups is 1. The summed E-state index contributed by atoms with van der Waals surface area (Å²) in [6.45, 7) is 7.88. The lowest BCUT2D eigenvalue weighted by atomic mass is 9.92. The van der Waals surface area contributed by atoms with Crippen molar-refractivity contribution < 1.29 is 9.90 Å². The quantitative estimate of drug-likeness (QED) is 0.777. The fraction of sp³-hybridized carbons (Fsp3) is 0.476. The van der Waals surface area contributed by atoms with E-state index in [0.29, 0.717) is 6.42 Å². The molecule has 3 nitrogen and oxygen atoms in total. The van der Waals surface area contributed by atoms with E-state index < -0.39 is 6.10 Å². The minimum Gasteiger partial charge on any atom is -0.391 e. The van der Waals surface area contributed by atoms with Gasteiger partial charge in [-0.1, -0.05) is 70.2 Å². The molecule has 0 bridgehead atoms. The van der Waals surface area contributed by atoms with Crippen LogP contribution in [0, 0.1) is 5.92 Å². The van der Waals surface area contributed by atoms with Crippen LogP contribution in [-0.2, 0) is 11.2 Å². The molecule has 24 heavy (non-hydrogen) atoms. The SMILES string of the molecule is CC(C)N[C@@H](Cc1cccc2ccccc12)[C@@H](O)CC(=O)C(C)C. The normalized spacial score (nSPS) is 14.3. The first-order valence-corrected chi connectivity index (χ1v) is 8.82. The first-order chi connectivity index (χ1) is 11.4. The molecule has 0 saturated carbocycles. The molecule has 2 atom stereocenters. The number of carbonyl (C=O) groups excluding carboxylic acids is 1. The van der Waals surface area contributed by atoms with Gasteiger partial charge >= 0.3 is 0 Å². The first-order valence-electron chi connectivity index (χ1n) is 8.82. The van der Waals surface area contributed by atoms with E-state index in [1.165, 1.54) is 16.3 Å². The summed E-state index contributed by atoms with van der Waals surface area (Å²) in [6.07, 6.45) is 0.222. The zero-order chi connectivity index (χ0) is 17.7. The van der Waals surface area contributed by atoms with Gasteiger partial charge in [-0.25, -0.2) is 0 Å². The second-order valence-corrected chi connectivity index (χ2v) is 7.16. The Balaban J connectivity index is 2.23. The number of hydrogen-bond donors (Lipinski definition) is 2. The lowest BCUT2D eigenvalue weighted by molar-refractivity contribution is -0.124. The highest BCUT2D eigenvalue weighted by atomic mass is 16.3. The molecule has 0 radical (unpaired) electrons. The molecule has 3 heteroatoms. The molecule has 0 heterocycles. The Morgan fingerprint density at radius 3 is 2.38 bits per heavy atom. The van der Waals surface area contributed by atoms with Crippen LogP contribution in [0.2, 0.25) is 0 Å². The average molecular weight is 327 g/mol. The molecule has 0 fully saturated rings.